The van der Waals surface area contributed by atoms with E-state index < -0.39 is 23.3 Å². The second kappa shape index (κ2) is 7.60. The average molecular weight is 371 g/mol. The van der Waals surface area contributed by atoms with E-state index in [1.807, 2.05) is 0 Å². The molecule has 9 heteroatoms. The summed E-state index contributed by atoms with van der Waals surface area (Å²) in [5.41, 5.74) is 4.50. The topological polar surface area (TPSA) is 128 Å². The van der Waals surface area contributed by atoms with Gasteiger partial charge < -0.3 is 25.6 Å². The lowest BCUT2D eigenvalue weighted by Gasteiger charge is -2.41. The molecule has 4 N–H and O–H groups in total. The molecule has 0 aliphatic heterocycles. The third-order valence-electron chi connectivity index (χ3n) is 4.03. The van der Waals surface area contributed by atoms with E-state index in [0.717, 1.165) is 6.42 Å². The number of nitrogens with two attached hydrogens (primary N) is 1. The zero-order chi connectivity index (χ0) is 18.6. The van der Waals surface area contributed by atoms with E-state index >= 15 is 0 Å². The number of nitrogens with one attached hydrogen (secondary N) is 1. The normalized spacial score (nSPS) is 15.0. The Morgan fingerprint density at radius 1 is 1.36 bits per heavy atom. The molecular weight excluding hydrogens is 352 g/mol. The first-order valence-electron chi connectivity index (χ1n) is 7.59. The van der Waals surface area contributed by atoms with E-state index in [-0.39, 0.29) is 35.1 Å². The number of hydrogen-bond donors (Lipinski definition) is 3. The van der Waals surface area contributed by atoms with Crippen LogP contribution in [0.3, 0.4) is 0 Å². The van der Waals surface area contributed by atoms with Crippen molar-refractivity contribution in [2.75, 3.05) is 13.7 Å². The van der Waals surface area contributed by atoms with Crippen molar-refractivity contribution in [2.45, 2.75) is 31.2 Å². The molecule has 0 heterocycles. The monoisotopic (exact) mass is 370 g/mol. The molecule has 1 aliphatic carbocycles. The third-order valence-corrected chi connectivity index (χ3v) is 4.31. The van der Waals surface area contributed by atoms with Crippen LogP contribution in [0.25, 0.3) is 0 Å². The van der Waals surface area contributed by atoms with Crippen LogP contribution in [0.4, 0.5) is 0 Å². The summed E-state index contributed by atoms with van der Waals surface area (Å²) in [5, 5.41) is 11.9. The summed E-state index contributed by atoms with van der Waals surface area (Å²) in [6, 6.07) is 2.77. The number of hydrogen-bond acceptors (Lipinski definition) is 5. The first kappa shape index (κ1) is 18.9. The number of carboxylic acid groups (broad SMARTS) is 1. The number of carboxylic acids is 1. The van der Waals surface area contributed by atoms with Crippen molar-refractivity contribution >= 4 is 29.4 Å². The molecule has 2 rings (SSSR count). The quantitative estimate of drug-likeness (QED) is 0.633. The van der Waals surface area contributed by atoms with E-state index in [2.05, 4.69) is 5.32 Å². The third kappa shape index (κ3) is 4.54. The van der Waals surface area contributed by atoms with Gasteiger partial charge in [-0.1, -0.05) is 11.6 Å². The lowest BCUT2D eigenvalue weighted by Crippen LogP contribution is -2.54. The van der Waals surface area contributed by atoms with Crippen molar-refractivity contribution in [1.82, 2.24) is 5.32 Å². The number of benzene rings is 1. The second-order valence-corrected chi connectivity index (χ2v) is 6.31. The van der Waals surface area contributed by atoms with Gasteiger partial charge in [0.25, 0.3) is 11.8 Å². The van der Waals surface area contributed by atoms with Gasteiger partial charge in [0, 0.05) is 5.56 Å². The van der Waals surface area contributed by atoms with E-state index in [0.29, 0.717) is 12.8 Å². The van der Waals surface area contributed by atoms with Crippen LogP contribution in [-0.2, 0) is 9.59 Å². The summed E-state index contributed by atoms with van der Waals surface area (Å²) in [7, 11) is 1.36. The molecule has 0 atom stereocenters. The number of carbonyl (C=O) groups excluding carboxylic acids is 2. The summed E-state index contributed by atoms with van der Waals surface area (Å²) in [5.74, 6) is -1.84. The van der Waals surface area contributed by atoms with Gasteiger partial charge >= 0.3 is 5.97 Å². The van der Waals surface area contributed by atoms with Crippen LogP contribution in [0.1, 0.15) is 36.0 Å². The predicted octanol–water partition coefficient (Wildman–Crippen LogP) is 1.34. The zero-order valence-electron chi connectivity index (χ0n) is 13.6. The Labute approximate surface area is 149 Å². The molecule has 0 aromatic heterocycles. The fourth-order valence-electron chi connectivity index (χ4n) is 2.69. The molecule has 0 saturated heterocycles. The van der Waals surface area contributed by atoms with Crippen molar-refractivity contribution in [2.24, 2.45) is 5.73 Å². The molecular formula is C16H19ClN2O6. The largest absolute Gasteiger partial charge is 0.493 e. The van der Waals surface area contributed by atoms with Crippen molar-refractivity contribution in [3.63, 3.8) is 0 Å². The Kier molecular flexibility index (Phi) is 5.73. The van der Waals surface area contributed by atoms with Crippen LogP contribution < -0.4 is 20.5 Å². The molecule has 1 fully saturated rings. The highest BCUT2D eigenvalue weighted by molar-refractivity contribution is 6.32. The van der Waals surface area contributed by atoms with Gasteiger partial charge in [0.1, 0.15) is 0 Å². The summed E-state index contributed by atoms with van der Waals surface area (Å²) in [6.07, 6.45) is 1.94. The SMILES string of the molecule is COc1cc(C(=O)NC2(CC(=O)O)CCC2)cc(Cl)c1OCC(N)=O. The number of primary amides is 1. The second-order valence-electron chi connectivity index (χ2n) is 5.90. The maximum absolute atomic E-state index is 12.5. The van der Waals surface area contributed by atoms with Gasteiger partial charge in [-0.25, -0.2) is 0 Å². The van der Waals surface area contributed by atoms with Crippen molar-refractivity contribution in [3.8, 4) is 11.5 Å². The number of rotatable bonds is 8. The Hall–Kier alpha value is -2.48. The molecule has 1 aromatic carbocycles. The Morgan fingerprint density at radius 3 is 2.52 bits per heavy atom. The van der Waals surface area contributed by atoms with Gasteiger partial charge in [0.05, 0.1) is 24.1 Å². The van der Waals surface area contributed by atoms with Crippen LogP contribution >= 0.6 is 11.6 Å². The van der Waals surface area contributed by atoms with Crippen LogP contribution in [0.15, 0.2) is 12.1 Å². The minimum absolute atomic E-state index is 0.0756. The molecule has 1 aliphatic rings. The van der Waals surface area contributed by atoms with Gasteiger partial charge in [-0.3, -0.25) is 14.4 Å². The number of halogens is 1. The minimum Gasteiger partial charge on any atom is -0.493 e. The van der Waals surface area contributed by atoms with Gasteiger partial charge in [-0.15, -0.1) is 0 Å². The molecule has 2 amide bonds. The predicted molar refractivity (Wildman–Crippen MR) is 89.0 cm³/mol. The number of methoxy groups -OCH3 is 1. The number of ether oxygens (including phenoxy) is 2. The first-order valence-corrected chi connectivity index (χ1v) is 7.97. The smallest absolute Gasteiger partial charge is 0.305 e. The van der Waals surface area contributed by atoms with Gasteiger partial charge in [-0.05, 0) is 31.4 Å². The fourth-order valence-corrected chi connectivity index (χ4v) is 2.95. The van der Waals surface area contributed by atoms with E-state index in [4.69, 9.17) is 31.9 Å². The summed E-state index contributed by atoms with van der Waals surface area (Å²) in [4.78, 5) is 34.3. The molecule has 0 unspecified atom stereocenters. The highest BCUT2D eigenvalue weighted by atomic mass is 35.5. The summed E-state index contributed by atoms with van der Waals surface area (Å²) in [6.45, 7) is -0.386. The maximum Gasteiger partial charge on any atom is 0.305 e. The molecule has 1 aromatic rings. The molecule has 8 nitrogen and oxygen atoms in total. The van der Waals surface area contributed by atoms with Crippen molar-refractivity contribution in [1.29, 1.82) is 0 Å². The van der Waals surface area contributed by atoms with E-state index in [1.54, 1.807) is 0 Å². The van der Waals surface area contributed by atoms with Crippen LogP contribution in [-0.4, -0.2) is 42.1 Å². The van der Waals surface area contributed by atoms with Crippen molar-refractivity contribution < 1.29 is 29.0 Å². The average Bonchev–Trinajstić information content (AvgIpc) is 2.49. The highest BCUT2D eigenvalue weighted by Gasteiger charge is 2.40. The van der Waals surface area contributed by atoms with Crippen LogP contribution in [0.5, 0.6) is 11.5 Å². The molecule has 25 heavy (non-hydrogen) atoms. The standard InChI is InChI=1S/C16H19ClN2O6/c1-24-11-6-9(5-10(17)14(11)25-8-12(18)20)15(23)19-16(3-2-4-16)7-13(21)22/h5-6H,2-4,7-8H2,1H3,(H2,18,20)(H,19,23)(H,21,22). The first-order chi connectivity index (χ1) is 11.8. The Balaban J connectivity index is 2.21. The van der Waals surface area contributed by atoms with Gasteiger partial charge in [0.15, 0.2) is 18.1 Å². The molecule has 1 saturated carbocycles. The number of aliphatic carboxylic acids is 1. The molecule has 0 bridgehead atoms. The lowest BCUT2D eigenvalue weighted by molar-refractivity contribution is -0.139. The van der Waals surface area contributed by atoms with E-state index in [9.17, 15) is 14.4 Å². The van der Waals surface area contributed by atoms with Crippen molar-refractivity contribution in [3.05, 3.63) is 22.7 Å². The summed E-state index contributed by atoms with van der Waals surface area (Å²) < 4.78 is 10.3. The lowest BCUT2D eigenvalue weighted by atomic mass is 9.74. The molecule has 0 radical (unpaired) electrons. The van der Waals surface area contributed by atoms with Crippen LogP contribution in [0.2, 0.25) is 5.02 Å². The Morgan fingerprint density at radius 2 is 2.04 bits per heavy atom. The molecule has 0 spiro atoms. The van der Waals surface area contributed by atoms with Gasteiger partial charge in [-0.2, -0.15) is 0 Å². The summed E-state index contributed by atoms with van der Waals surface area (Å²) >= 11 is 6.11. The number of carbonyl (C=O) groups is 3. The highest BCUT2D eigenvalue weighted by Crippen LogP contribution is 2.38. The fraction of sp³-hybridized carbons (Fsp3) is 0.438. The van der Waals surface area contributed by atoms with Crippen LogP contribution in [0, 0.1) is 0 Å². The zero-order valence-corrected chi connectivity index (χ0v) is 14.4. The van der Waals surface area contributed by atoms with Gasteiger partial charge in [0.2, 0.25) is 0 Å². The maximum atomic E-state index is 12.5. The number of amides is 2. The van der Waals surface area contributed by atoms with E-state index in [1.165, 1.54) is 19.2 Å². The molecule has 136 valence electrons. The Bertz CT molecular complexity index is 702. The minimum atomic E-state index is -0.967.